The first kappa shape index (κ1) is 16.2. The van der Waals surface area contributed by atoms with Gasteiger partial charge < -0.3 is 20.2 Å². The number of pyridine rings is 1. The molecule has 7 nitrogen and oxygen atoms in total. The molecule has 132 valence electrons. The Morgan fingerprint density at radius 2 is 2.35 bits per heavy atom. The Bertz CT molecular complexity index is 952. The highest BCUT2D eigenvalue weighted by molar-refractivity contribution is 5.97. The molecular formula is C19H20N6O. The lowest BCUT2D eigenvalue weighted by Crippen LogP contribution is -2.45. The first-order valence-electron chi connectivity index (χ1n) is 8.69. The van der Waals surface area contributed by atoms with Crippen molar-refractivity contribution in [1.82, 2.24) is 24.8 Å². The monoisotopic (exact) mass is 348 g/mol. The van der Waals surface area contributed by atoms with Gasteiger partial charge in [-0.1, -0.05) is 5.92 Å². The summed E-state index contributed by atoms with van der Waals surface area (Å²) in [5.74, 6) is 2.47. The summed E-state index contributed by atoms with van der Waals surface area (Å²) in [6.45, 7) is 1.42. The van der Waals surface area contributed by atoms with Crippen LogP contribution in [0.4, 0.5) is 5.69 Å². The standard InChI is InChI=1S/C19H20N6O/c1-2-4-17(26)25-8-3-5-13(11-25)24-18-14-6-7-21-19(14)22-9-15(18)16-10-20-12-23-16/h1,6-7,9-10,12-13H,3-5,8,11H2,(H,20,23)(H2,21,22,24)/t13-/m1/s1. The maximum atomic E-state index is 12.1. The molecule has 0 saturated carbocycles. The van der Waals surface area contributed by atoms with Crippen molar-refractivity contribution in [3.8, 4) is 23.6 Å². The van der Waals surface area contributed by atoms with E-state index in [-0.39, 0.29) is 18.4 Å². The van der Waals surface area contributed by atoms with Crippen molar-refractivity contribution in [1.29, 1.82) is 0 Å². The van der Waals surface area contributed by atoms with E-state index in [2.05, 4.69) is 31.2 Å². The molecule has 0 aromatic carbocycles. The van der Waals surface area contributed by atoms with Gasteiger partial charge in [-0.05, 0) is 18.9 Å². The summed E-state index contributed by atoms with van der Waals surface area (Å²) < 4.78 is 0. The third kappa shape index (κ3) is 3.02. The molecule has 3 aromatic rings. The second kappa shape index (κ2) is 6.92. The summed E-state index contributed by atoms with van der Waals surface area (Å²) in [6.07, 6.45) is 14.5. The molecule has 4 heterocycles. The van der Waals surface area contributed by atoms with E-state index in [1.165, 1.54) is 0 Å². The van der Waals surface area contributed by atoms with E-state index in [4.69, 9.17) is 6.42 Å². The number of H-pyrrole nitrogens is 2. The van der Waals surface area contributed by atoms with Crippen LogP contribution in [-0.4, -0.2) is 49.9 Å². The highest BCUT2D eigenvalue weighted by Gasteiger charge is 2.24. The molecule has 0 bridgehead atoms. The molecule has 1 amide bonds. The summed E-state index contributed by atoms with van der Waals surface area (Å²) in [4.78, 5) is 28.9. The number of imidazole rings is 1. The summed E-state index contributed by atoms with van der Waals surface area (Å²) in [5.41, 5.74) is 3.68. The van der Waals surface area contributed by atoms with E-state index < -0.39 is 0 Å². The molecule has 1 atom stereocenters. The molecule has 3 N–H and O–H groups in total. The topological polar surface area (TPSA) is 89.7 Å². The van der Waals surface area contributed by atoms with Gasteiger partial charge in [0, 0.05) is 42.5 Å². The van der Waals surface area contributed by atoms with Gasteiger partial charge in [0.25, 0.3) is 0 Å². The summed E-state index contributed by atoms with van der Waals surface area (Å²) in [7, 11) is 0. The minimum Gasteiger partial charge on any atom is -0.379 e. The molecule has 1 aliphatic heterocycles. The fraction of sp³-hybridized carbons (Fsp3) is 0.316. The third-order valence-corrected chi connectivity index (χ3v) is 4.75. The lowest BCUT2D eigenvalue weighted by molar-refractivity contribution is -0.131. The Morgan fingerprint density at radius 3 is 3.15 bits per heavy atom. The number of nitrogens with one attached hydrogen (secondary N) is 3. The highest BCUT2D eigenvalue weighted by Crippen LogP contribution is 2.33. The number of carbonyl (C=O) groups excluding carboxylic acids is 1. The number of likely N-dealkylation sites (tertiary alicyclic amines) is 1. The van der Waals surface area contributed by atoms with Gasteiger partial charge in [0.2, 0.25) is 5.91 Å². The van der Waals surface area contributed by atoms with E-state index in [9.17, 15) is 4.79 Å². The van der Waals surface area contributed by atoms with Crippen molar-refractivity contribution in [2.75, 3.05) is 18.4 Å². The zero-order valence-electron chi connectivity index (χ0n) is 14.3. The molecule has 1 aliphatic rings. The van der Waals surface area contributed by atoms with Crippen LogP contribution >= 0.6 is 0 Å². The van der Waals surface area contributed by atoms with Crippen molar-refractivity contribution in [3.63, 3.8) is 0 Å². The minimum atomic E-state index is 0.0225. The maximum absolute atomic E-state index is 12.1. The molecule has 7 heteroatoms. The SMILES string of the molecule is C#CCC(=O)N1CCC[C@@H](Nc2c(-c3cnc[nH]3)cnc3[nH]ccc23)C1. The number of piperidine rings is 1. The van der Waals surface area contributed by atoms with Crippen molar-refractivity contribution in [2.45, 2.75) is 25.3 Å². The summed E-state index contributed by atoms with van der Waals surface area (Å²) in [6, 6.07) is 2.17. The Kier molecular flexibility index (Phi) is 4.32. The van der Waals surface area contributed by atoms with Crippen LogP contribution in [0.2, 0.25) is 0 Å². The fourth-order valence-corrected chi connectivity index (χ4v) is 3.50. The van der Waals surface area contributed by atoms with Crippen LogP contribution < -0.4 is 5.32 Å². The van der Waals surface area contributed by atoms with Crippen molar-refractivity contribution >= 4 is 22.6 Å². The second-order valence-corrected chi connectivity index (χ2v) is 6.46. The van der Waals surface area contributed by atoms with Gasteiger partial charge in [-0.3, -0.25) is 4.79 Å². The van der Waals surface area contributed by atoms with Gasteiger partial charge in [0.1, 0.15) is 5.65 Å². The van der Waals surface area contributed by atoms with Crippen LogP contribution in [-0.2, 0) is 4.79 Å². The Labute approximate surface area is 151 Å². The van der Waals surface area contributed by atoms with Crippen LogP contribution in [0.25, 0.3) is 22.3 Å². The fourth-order valence-electron chi connectivity index (χ4n) is 3.50. The van der Waals surface area contributed by atoms with Crippen LogP contribution in [0, 0.1) is 12.3 Å². The summed E-state index contributed by atoms with van der Waals surface area (Å²) >= 11 is 0. The van der Waals surface area contributed by atoms with Gasteiger partial charge in [-0.2, -0.15) is 0 Å². The van der Waals surface area contributed by atoms with E-state index in [1.807, 2.05) is 23.4 Å². The van der Waals surface area contributed by atoms with Crippen LogP contribution in [0.1, 0.15) is 19.3 Å². The van der Waals surface area contributed by atoms with E-state index >= 15 is 0 Å². The van der Waals surface area contributed by atoms with Crippen LogP contribution in [0.15, 0.2) is 31.0 Å². The van der Waals surface area contributed by atoms with Crippen molar-refractivity contribution in [3.05, 3.63) is 31.0 Å². The largest absolute Gasteiger partial charge is 0.379 e. The molecular weight excluding hydrogens is 328 g/mol. The molecule has 4 rings (SSSR count). The highest BCUT2D eigenvalue weighted by atomic mass is 16.2. The average molecular weight is 348 g/mol. The van der Waals surface area contributed by atoms with Crippen LogP contribution in [0.3, 0.4) is 0 Å². The number of aromatic nitrogens is 4. The number of hydrogen-bond acceptors (Lipinski definition) is 4. The molecule has 3 aromatic heterocycles. The molecule has 0 spiro atoms. The predicted molar refractivity (Wildman–Crippen MR) is 100 cm³/mol. The van der Waals surface area contributed by atoms with E-state index in [1.54, 1.807) is 12.5 Å². The molecule has 0 aliphatic carbocycles. The van der Waals surface area contributed by atoms with Gasteiger partial charge in [-0.15, -0.1) is 6.42 Å². The average Bonchev–Trinajstić information content (AvgIpc) is 3.34. The van der Waals surface area contributed by atoms with Crippen molar-refractivity contribution in [2.24, 2.45) is 0 Å². The van der Waals surface area contributed by atoms with Gasteiger partial charge in [0.05, 0.1) is 30.3 Å². The molecule has 0 radical (unpaired) electrons. The number of amides is 1. The molecule has 26 heavy (non-hydrogen) atoms. The maximum Gasteiger partial charge on any atom is 0.234 e. The zero-order valence-corrected chi connectivity index (χ0v) is 14.3. The quantitative estimate of drug-likeness (QED) is 0.632. The first-order chi connectivity index (χ1) is 12.8. The predicted octanol–water partition coefficient (Wildman–Crippen LogP) is 2.38. The number of carbonyl (C=O) groups is 1. The summed E-state index contributed by atoms with van der Waals surface area (Å²) in [5, 5.41) is 4.66. The number of rotatable bonds is 4. The second-order valence-electron chi connectivity index (χ2n) is 6.46. The minimum absolute atomic E-state index is 0.0225. The first-order valence-corrected chi connectivity index (χ1v) is 8.69. The number of anilines is 1. The number of terminal acetylenes is 1. The van der Waals surface area contributed by atoms with E-state index in [0.717, 1.165) is 47.4 Å². The molecule has 1 fully saturated rings. The van der Waals surface area contributed by atoms with Gasteiger partial charge in [0.15, 0.2) is 0 Å². The molecule has 0 unspecified atom stereocenters. The zero-order chi connectivity index (χ0) is 17.9. The third-order valence-electron chi connectivity index (χ3n) is 4.75. The lowest BCUT2D eigenvalue weighted by atomic mass is 10.0. The Balaban J connectivity index is 1.64. The number of fused-ring (bicyclic) bond motifs is 1. The lowest BCUT2D eigenvalue weighted by Gasteiger charge is -2.34. The number of nitrogens with zero attached hydrogens (tertiary/aromatic N) is 3. The van der Waals surface area contributed by atoms with Crippen molar-refractivity contribution < 1.29 is 4.79 Å². The van der Waals surface area contributed by atoms with Gasteiger partial charge in [-0.25, -0.2) is 9.97 Å². The van der Waals surface area contributed by atoms with Crippen LogP contribution in [0.5, 0.6) is 0 Å². The Morgan fingerprint density at radius 1 is 1.42 bits per heavy atom. The van der Waals surface area contributed by atoms with Gasteiger partial charge >= 0.3 is 0 Å². The van der Waals surface area contributed by atoms with E-state index in [0.29, 0.717) is 6.54 Å². The Hall–Kier alpha value is -3.27. The normalized spacial score (nSPS) is 17.2. The smallest absolute Gasteiger partial charge is 0.234 e. The number of hydrogen-bond donors (Lipinski definition) is 3. The number of aromatic amines is 2. The molecule has 1 saturated heterocycles.